The number of benzene rings is 1. The number of rotatable bonds is 6. The maximum Gasteiger partial charge on any atom is 0.242 e. The van der Waals surface area contributed by atoms with Gasteiger partial charge in [-0.15, -0.1) is 0 Å². The van der Waals surface area contributed by atoms with E-state index < -0.39 is 0 Å². The Balaban J connectivity index is 1.50. The molecule has 3 amide bonds. The molecule has 1 aromatic carbocycles. The molecular weight excluding hydrogens is 346 g/mol. The lowest BCUT2D eigenvalue weighted by Crippen LogP contribution is -2.54. The number of β-amino-alcohol motifs (C(OH)–C–C–N with tert-alkyl or cyclic N) is 1. The van der Waals surface area contributed by atoms with Crippen molar-refractivity contribution < 1.29 is 19.5 Å². The molecule has 0 aromatic heterocycles. The van der Waals surface area contributed by atoms with Gasteiger partial charge >= 0.3 is 0 Å². The van der Waals surface area contributed by atoms with E-state index >= 15 is 0 Å². The maximum atomic E-state index is 12.5. The summed E-state index contributed by atoms with van der Waals surface area (Å²) in [7, 11) is 0. The molecule has 1 aromatic rings. The van der Waals surface area contributed by atoms with Gasteiger partial charge in [-0.3, -0.25) is 24.2 Å². The van der Waals surface area contributed by atoms with Crippen LogP contribution in [0.1, 0.15) is 18.4 Å². The van der Waals surface area contributed by atoms with E-state index in [9.17, 15) is 14.4 Å². The Kier molecular flexibility index (Phi) is 6.58. The van der Waals surface area contributed by atoms with Crippen molar-refractivity contribution in [1.29, 1.82) is 0 Å². The van der Waals surface area contributed by atoms with Crippen molar-refractivity contribution >= 4 is 17.7 Å². The van der Waals surface area contributed by atoms with Crippen LogP contribution in [-0.2, 0) is 20.8 Å². The molecule has 0 radical (unpaired) electrons. The van der Waals surface area contributed by atoms with Crippen LogP contribution < -0.4 is 0 Å². The molecule has 0 saturated carbocycles. The molecule has 1 N–H and O–H groups in total. The molecular formula is C20H27N3O4. The zero-order valence-electron chi connectivity index (χ0n) is 15.5. The topological polar surface area (TPSA) is 81.2 Å². The Morgan fingerprint density at radius 2 is 1.63 bits per heavy atom. The van der Waals surface area contributed by atoms with Crippen LogP contribution in [0.2, 0.25) is 0 Å². The lowest BCUT2D eigenvalue weighted by atomic mass is 9.89. The first-order valence-electron chi connectivity index (χ1n) is 9.55. The first-order chi connectivity index (χ1) is 13.1. The lowest BCUT2D eigenvalue weighted by Gasteiger charge is -2.36. The number of hydrogen-bond donors (Lipinski definition) is 1. The largest absolute Gasteiger partial charge is 0.395 e. The Bertz CT molecular complexity index is 653. The van der Waals surface area contributed by atoms with Gasteiger partial charge in [0.15, 0.2) is 0 Å². The van der Waals surface area contributed by atoms with E-state index in [1.165, 1.54) is 0 Å². The number of imide groups is 1. The van der Waals surface area contributed by atoms with Crippen molar-refractivity contribution in [3.63, 3.8) is 0 Å². The number of hydrogen-bond acceptors (Lipinski definition) is 5. The number of piperazine rings is 1. The van der Waals surface area contributed by atoms with Crippen LogP contribution >= 0.6 is 0 Å². The van der Waals surface area contributed by atoms with E-state index in [0.29, 0.717) is 52.0 Å². The number of piperidine rings is 1. The van der Waals surface area contributed by atoms with Crippen LogP contribution in [0.15, 0.2) is 30.3 Å². The highest BCUT2D eigenvalue weighted by atomic mass is 16.3. The molecule has 0 atom stereocenters. The molecule has 0 unspecified atom stereocenters. The van der Waals surface area contributed by atoms with Gasteiger partial charge in [0.2, 0.25) is 17.7 Å². The summed E-state index contributed by atoms with van der Waals surface area (Å²) in [5.41, 5.74) is 1.12. The Hall–Kier alpha value is -2.25. The van der Waals surface area contributed by atoms with Crippen molar-refractivity contribution in [2.75, 3.05) is 45.9 Å². The molecule has 0 spiro atoms. The minimum atomic E-state index is -0.251. The number of likely N-dealkylation sites (tertiary alicyclic amines) is 1. The fourth-order valence-electron chi connectivity index (χ4n) is 3.79. The zero-order valence-corrected chi connectivity index (χ0v) is 15.5. The maximum absolute atomic E-state index is 12.5. The summed E-state index contributed by atoms with van der Waals surface area (Å²) < 4.78 is 0. The van der Waals surface area contributed by atoms with Gasteiger partial charge in [0, 0.05) is 45.6 Å². The third-order valence-corrected chi connectivity index (χ3v) is 5.33. The second-order valence-corrected chi connectivity index (χ2v) is 7.28. The standard InChI is InChI=1S/C20H27N3O4/c24-11-10-21-6-8-22(9-7-21)20(27)15-23-18(25)13-17(14-19(23)26)12-16-4-2-1-3-5-16/h1-5,17,24H,6-15H2. The highest BCUT2D eigenvalue weighted by Gasteiger charge is 2.34. The summed E-state index contributed by atoms with van der Waals surface area (Å²) in [6.45, 7) is 3.08. The van der Waals surface area contributed by atoms with E-state index in [4.69, 9.17) is 5.11 Å². The Morgan fingerprint density at radius 3 is 2.22 bits per heavy atom. The van der Waals surface area contributed by atoms with Crippen molar-refractivity contribution in [2.24, 2.45) is 5.92 Å². The predicted molar refractivity (Wildman–Crippen MR) is 99.7 cm³/mol. The fraction of sp³-hybridized carbons (Fsp3) is 0.550. The minimum absolute atomic E-state index is 0.000721. The highest BCUT2D eigenvalue weighted by Crippen LogP contribution is 2.23. The van der Waals surface area contributed by atoms with Crippen LogP contribution in [0.5, 0.6) is 0 Å². The molecule has 0 aliphatic carbocycles. The van der Waals surface area contributed by atoms with Gasteiger partial charge in [0.1, 0.15) is 6.54 Å². The quantitative estimate of drug-likeness (QED) is 0.717. The molecule has 2 aliphatic heterocycles. The summed E-state index contributed by atoms with van der Waals surface area (Å²) >= 11 is 0. The van der Waals surface area contributed by atoms with Crippen LogP contribution in [-0.4, -0.2) is 83.4 Å². The van der Waals surface area contributed by atoms with Gasteiger partial charge in [-0.1, -0.05) is 30.3 Å². The average Bonchev–Trinajstić information content (AvgIpc) is 2.66. The summed E-state index contributed by atoms with van der Waals surface area (Å²) in [6.07, 6.45) is 1.31. The van der Waals surface area contributed by atoms with Gasteiger partial charge in [-0.25, -0.2) is 0 Å². The van der Waals surface area contributed by atoms with Gasteiger partial charge in [-0.2, -0.15) is 0 Å². The van der Waals surface area contributed by atoms with Crippen LogP contribution in [0.3, 0.4) is 0 Å². The second kappa shape index (κ2) is 9.10. The zero-order chi connectivity index (χ0) is 19.2. The number of carbonyl (C=O) groups excluding carboxylic acids is 3. The molecule has 146 valence electrons. The minimum Gasteiger partial charge on any atom is -0.395 e. The van der Waals surface area contributed by atoms with Crippen molar-refractivity contribution in [3.05, 3.63) is 35.9 Å². The average molecular weight is 373 g/mol. The van der Waals surface area contributed by atoms with Gasteiger partial charge in [-0.05, 0) is 17.9 Å². The van der Waals surface area contributed by atoms with Gasteiger partial charge in [0.05, 0.1) is 6.61 Å². The summed E-state index contributed by atoms with van der Waals surface area (Å²) in [4.78, 5) is 42.3. The van der Waals surface area contributed by atoms with Crippen molar-refractivity contribution in [2.45, 2.75) is 19.3 Å². The third kappa shape index (κ3) is 5.14. The molecule has 7 heteroatoms. The molecule has 2 aliphatic rings. The van der Waals surface area contributed by atoms with E-state index in [2.05, 4.69) is 4.90 Å². The molecule has 27 heavy (non-hydrogen) atoms. The van der Waals surface area contributed by atoms with Crippen LogP contribution in [0.4, 0.5) is 0 Å². The third-order valence-electron chi connectivity index (χ3n) is 5.33. The number of nitrogens with zero attached hydrogens (tertiary/aromatic N) is 3. The molecule has 2 heterocycles. The molecule has 2 fully saturated rings. The summed E-state index contributed by atoms with van der Waals surface area (Å²) in [5.74, 6) is -0.679. The smallest absolute Gasteiger partial charge is 0.242 e. The normalized spacial score (nSPS) is 19.6. The molecule has 3 rings (SSSR count). The first kappa shape index (κ1) is 19.5. The van der Waals surface area contributed by atoms with Gasteiger partial charge in [0.25, 0.3) is 0 Å². The van der Waals surface area contributed by atoms with E-state index in [1.54, 1.807) is 4.90 Å². The Labute approximate surface area is 159 Å². The fourth-order valence-corrected chi connectivity index (χ4v) is 3.79. The lowest BCUT2D eigenvalue weighted by molar-refractivity contribution is -0.154. The number of amides is 3. The van der Waals surface area contributed by atoms with E-state index in [-0.39, 0.29) is 36.8 Å². The molecule has 2 saturated heterocycles. The highest BCUT2D eigenvalue weighted by molar-refractivity contribution is 6.01. The molecule has 7 nitrogen and oxygen atoms in total. The monoisotopic (exact) mass is 373 g/mol. The van der Waals surface area contributed by atoms with Gasteiger partial charge < -0.3 is 10.0 Å². The number of aliphatic hydroxyl groups is 1. The summed E-state index contributed by atoms with van der Waals surface area (Å²) in [5, 5.41) is 8.98. The van der Waals surface area contributed by atoms with Crippen LogP contribution in [0, 0.1) is 5.92 Å². The van der Waals surface area contributed by atoms with Crippen molar-refractivity contribution in [1.82, 2.24) is 14.7 Å². The summed E-state index contributed by atoms with van der Waals surface area (Å²) in [6, 6.07) is 9.85. The van der Waals surface area contributed by atoms with Crippen molar-refractivity contribution in [3.8, 4) is 0 Å². The second-order valence-electron chi connectivity index (χ2n) is 7.28. The van der Waals surface area contributed by atoms with E-state index in [1.807, 2.05) is 30.3 Å². The molecule has 0 bridgehead atoms. The number of aliphatic hydroxyl groups excluding tert-OH is 1. The SMILES string of the molecule is O=C(CN1C(=O)CC(Cc2ccccc2)CC1=O)N1CCN(CCO)CC1. The Morgan fingerprint density at radius 1 is 1.00 bits per heavy atom. The predicted octanol–water partition coefficient (Wildman–Crippen LogP) is 0.131. The number of carbonyl (C=O) groups is 3. The van der Waals surface area contributed by atoms with Crippen LogP contribution in [0.25, 0.3) is 0 Å². The first-order valence-corrected chi connectivity index (χ1v) is 9.55. The van der Waals surface area contributed by atoms with E-state index in [0.717, 1.165) is 10.5 Å².